The van der Waals surface area contributed by atoms with Crippen molar-refractivity contribution in [1.82, 2.24) is 0 Å². The van der Waals surface area contributed by atoms with Crippen LogP contribution in [0, 0.1) is 18.6 Å². The van der Waals surface area contributed by atoms with Crippen LogP contribution < -0.4 is 0 Å². The fraction of sp³-hybridized carbons (Fsp3) is 0.250. The van der Waals surface area contributed by atoms with Gasteiger partial charge in [0.15, 0.2) is 0 Å². The molecule has 1 unspecified atom stereocenters. The van der Waals surface area contributed by atoms with Crippen molar-refractivity contribution in [2.24, 2.45) is 0 Å². The second-order valence-electron chi connectivity index (χ2n) is 5.13. The molecule has 1 nitrogen and oxygen atoms in total. The minimum Gasteiger partial charge on any atom is -0.380 e. The van der Waals surface area contributed by atoms with Crippen LogP contribution in [0.25, 0.3) is 0 Å². The highest BCUT2D eigenvalue weighted by atomic mass is 19.1. The summed E-state index contributed by atoms with van der Waals surface area (Å²) in [6.07, 6.45) is 1.05. The molecule has 1 aliphatic rings. The van der Waals surface area contributed by atoms with E-state index in [1.807, 2.05) is 0 Å². The van der Waals surface area contributed by atoms with Crippen molar-refractivity contribution in [1.29, 1.82) is 0 Å². The molecule has 0 heterocycles. The average molecular weight is 260 g/mol. The molecule has 0 amide bonds. The van der Waals surface area contributed by atoms with Crippen LogP contribution in [0.15, 0.2) is 36.4 Å². The SMILES string of the molecule is Cc1ccc(C2(O)CCc3cc(F)ccc32)cc1F. The molecule has 0 fully saturated rings. The number of aliphatic hydroxyl groups is 1. The normalized spacial score (nSPS) is 21.5. The molecule has 1 atom stereocenters. The summed E-state index contributed by atoms with van der Waals surface area (Å²) >= 11 is 0. The van der Waals surface area contributed by atoms with Crippen LogP contribution in [0.2, 0.25) is 0 Å². The molecule has 2 aromatic carbocycles. The van der Waals surface area contributed by atoms with Gasteiger partial charge in [0.25, 0.3) is 0 Å². The third-order valence-electron chi connectivity index (χ3n) is 3.92. The van der Waals surface area contributed by atoms with Gasteiger partial charge < -0.3 is 5.11 Å². The molecule has 0 saturated heterocycles. The van der Waals surface area contributed by atoms with E-state index in [2.05, 4.69) is 0 Å². The molecular formula is C16H14F2O. The van der Waals surface area contributed by atoms with Gasteiger partial charge in [-0.05, 0) is 60.2 Å². The monoisotopic (exact) mass is 260 g/mol. The van der Waals surface area contributed by atoms with Crippen LogP contribution in [0.4, 0.5) is 8.78 Å². The number of hydrogen-bond acceptors (Lipinski definition) is 1. The third kappa shape index (κ3) is 1.85. The van der Waals surface area contributed by atoms with Crippen molar-refractivity contribution in [3.8, 4) is 0 Å². The summed E-state index contributed by atoms with van der Waals surface area (Å²) in [5.41, 5.74) is 1.34. The molecule has 0 saturated carbocycles. The topological polar surface area (TPSA) is 20.2 Å². The second-order valence-corrected chi connectivity index (χ2v) is 5.13. The standard InChI is InChI=1S/C16H14F2O/c1-10-2-3-12(9-15(10)18)16(19)7-6-11-8-13(17)4-5-14(11)16/h2-5,8-9,19H,6-7H2,1H3. The maximum absolute atomic E-state index is 13.7. The number of hydrogen-bond donors (Lipinski definition) is 1. The van der Waals surface area contributed by atoms with E-state index in [0.717, 1.165) is 5.56 Å². The van der Waals surface area contributed by atoms with Gasteiger partial charge in [0.1, 0.15) is 17.2 Å². The summed E-state index contributed by atoms with van der Waals surface area (Å²) < 4.78 is 26.9. The summed E-state index contributed by atoms with van der Waals surface area (Å²) in [5.74, 6) is -0.639. The zero-order valence-electron chi connectivity index (χ0n) is 10.6. The summed E-state index contributed by atoms with van der Waals surface area (Å²) in [4.78, 5) is 0. The first-order chi connectivity index (χ1) is 9.00. The number of rotatable bonds is 1. The van der Waals surface area contributed by atoms with Crippen LogP contribution in [0.1, 0.15) is 28.7 Å². The molecule has 19 heavy (non-hydrogen) atoms. The van der Waals surface area contributed by atoms with E-state index in [4.69, 9.17) is 0 Å². The Hall–Kier alpha value is -1.74. The number of fused-ring (bicyclic) bond motifs is 1. The quantitative estimate of drug-likeness (QED) is 0.832. The fourth-order valence-corrected chi connectivity index (χ4v) is 2.77. The molecule has 1 N–H and O–H groups in total. The highest BCUT2D eigenvalue weighted by Crippen LogP contribution is 2.42. The zero-order valence-corrected chi connectivity index (χ0v) is 10.6. The van der Waals surface area contributed by atoms with Gasteiger partial charge in [-0.25, -0.2) is 8.78 Å². The predicted octanol–water partition coefficient (Wildman–Crippen LogP) is 3.46. The Bertz CT molecular complexity index is 651. The first-order valence-corrected chi connectivity index (χ1v) is 6.28. The van der Waals surface area contributed by atoms with E-state index in [1.165, 1.54) is 18.2 Å². The summed E-state index contributed by atoms with van der Waals surface area (Å²) in [6.45, 7) is 1.68. The van der Waals surface area contributed by atoms with E-state index in [-0.39, 0.29) is 11.6 Å². The van der Waals surface area contributed by atoms with Gasteiger partial charge in [0, 0.05) is 0 Å². The first kappa shape index (κ1) is 12.3. The van der Waals surface area contributed by atoms with E-state index in [0.29, 0.717) is 29.5 Å². The van der Waals surface area contributed by atoms with Crippen molar-refractivity contribution in [3.63, 3.8) is 0 Å². The van der Waals surface area contributed by atoms with Gasteiger partial charge in [-0.1, -0.05) is 18.2 Å². The second kappa shape index (κ2) is 4.14. The lowest BCUT2D eigenvalue weighted by Gasteiger charge is -2.25. The van der Waals surface area contributed by atoms with Crippen molar-refractivity contribution in [3.05, 3.63) is 70.3 Å². The van der Waals surface area contributed by atoms with Crippen LogP contribution in [-0.2, 0) is 12.0 Å². The van der Waals surface area contributed by atoms with Crippen LogP contribution in [-0.4, -0.2) is 5.11 Å². The van der Waals surface area contributed by atoms with Crippen molar-refractivity contribution in [2.45, 2.75) is 25.4 Å². The van der Waals surface area contributed by atoms with Gasteiger partial charge >= 0.3 is 0 Å². The van der Waals surface area contributed by atoms with Gasteiger partial charge in [0.2, 0.25) is 0 Å². The highest BCUT2D eigenvalue weighted by molar-refractivity contribution is 5.45. The van der Waals surface area contributed by atoms with E-state index < -0.39 is 5.60 Å². The summed E-state index contributed by atoms with van der Waals surface area (Å²) in [7, 11) is 0. The molecule has 0 bridgehead atoms. The molecule has 3 rings (SSSR count). The minimum absolute atomic E-state index is 0.307. The van der Waals surface area contributed by atoms with E-state index in [9.17, 15) is 13.9 Å². The Morgan fingerprint density at radius 1 is 1.11 bits per heavy atom. The minimum atomic E-state index is -1.21. The Balaban J connectivity index is 2.13. The number of benzene rings is 2. The maximum atomic E-state index is 13.7. The lowest BCUT2D eigenvalue weighted by atomic mass is 9.87. The Morgan fingerprint density at radius 2 is 1.89 bits per heavy atom. The molecule has 0 aliphatic heterocycles. The zero-order chi connectivity index (χ0) is 13.6. The fourth-order valence-electron chi connectivity index (χ4n) is 2.77. The van der Waals surface area contributed by atoms with Crippen molar-refractivity contribution < 1.29 is 13.9 Å². The average Bonchev–Trinajstić information content (AvgIpc) is 2.71. The molecule has 0 spiro atoms. The largest absolute Gasteiger partial charge is 0.380 e. The molecular weight excluding hydrogens is 246 g/mol. The predicted molar refractivity (Wildman–Crippen MR) is 68.9 cm³/mol. The van der Waals surface area contributed by atoms with Crippen LogP contribution in [0.3, 0.4) is 0 Å². The van der Waals surface area contributed by atoms with Gasteiger partial charge in [-0.3, -0.25) is 0 Å². The maximum Gasteiger partial charge on any atom is 0.126 e. The lowest BCUT2D eigenvalue weighted by Crippen LogP contribution is -2.24. The van der Waals surface area contributed by atoms with E-state index in [1.54, 1.807) is 25.1 Å². The highest BCUT2D eigenvalue weighted by Gasteiger charge is 2.38. The lowest BCUT2D eigenvalue weighted by molar-refractivity contribution is 0.0825. The van der Waals surface area contributed by atoms with Crippen molar-refractivity contribution >= 4 is 0 Å². The molecule has 1 aliphatic carbocycles. The summed E-state index contributed by atoms with van der Waals surface area (Å²) in [5, 5.41) is 10.8. The molecule has 3 heteroatoms. The van der Waals surface area contributed by atoms with Gasteiger partial charge in [-0.15, -0.1) is 0 Å². The van der Waals surface area contributed by atoms with Crippen LogP contribution >= 0.6 is 0 Å². The van der Waals surface area contributed by atoms with Gasteiger partial charge in [-0.2, -0.15) is 0 Å². The molecule has 0 aromatic heterocycles. The Labute approximate surface area is 110 Å². The van der Waals surface area contributed by atoms with E-state index >= 15 is 0 Å². The third-order valence-corrected chi connectivity index (χ3v) is 3.92. The van der Waals surface area contributed by atoms with Gasteiger partial charge in [0.05, 0.1) is 0 Å². The Kier molecular flexibility index (Phi) is 2.68. The molecule has 98 valence electrons. The smallest absolute Gasteiger partial charge is 0.126 e. The first-order valence-electron chi connectivity index (χ1n) is 6.28. The molecule has 0 radical (unpaired) electrons. The Morgan fingerprint density at radius 3 is 2.63 bits per heavy atom. The van der Waals surface area contributed by atoms with Crippen molar-refractivity contribution in [2.75, 3.05) is 0 Å². The summed E-state index contributed by atoms with van der Waals surface area (Å²) in [6, 6.07) is 9.13. The number of halogens is 2. The van der Waals surface area contributed by atoms with Crippen LogP contribution in [0.5, 0.6) is 0 Å². The molecule has 2 aromatic rings. The number of aryl methyl sites for hydroxylation is 2.